The molecule has 0 radical (unpaired) electrons. The molecule has 1 aromatic heterocycles. The zero-order valence-electron chi connectivity index (χ0n) is 20.0. The first-order chi connectivity index (χ1) is 16.4. The fraction of sp³-hybridized carbons (Fsp3) is 0.393. The van der Waals surface area contributed by atoms with E-state index in [1.165, 1.54) is 6.07 Å². The van der Waals surface area contributed by atoms with Crippen LogP contribution in [-0.4, -0.2) is 36.5 Å². The van der Waals surface area contributed by atoms with E-state index in [0.717, 1.165) is 40.5 Å². The van der Waals surface area contributed by atoms with Gasteiger partial charge in [-0.2, -0.15) is 0 Å². The fourth-order valence-corrected chi connectivity index (χ4v) is 4.81. The Labute approximate surface area is 199 Å². The van der Waals surface area contributed by atoms with Crippen LogP contribution in [0.3, 0.4) is 0 Å². The molecule has 3 aromatic rings. The number of ether oxygens (including phenoxy) is 1. The van der Waals surface area contributed by atoms with Crippen LogP contribution in [0.4, 0.5) is 0 Å². The molecular formula is C28H31NO5. The highest BCUT2D eigenvalue weighted by Gasteiger charge is 2.31. The van der Waals surface area contributed by atoms with Gasteiger partial charge in [0.1, 0.15) is 5.58 Å². The second kappa shape index (κ2) is 10.2. The van der Waals surface area contributed by atoms with Gasteiger partial charge in [-0.15, -0.1) is 0 Å². The summed E-state index contributed by atoms with van der Waals surface area (Å²) in [6.07, 6.45) is 2.07. The van der Waals surface area contributed by atoms with Gasteiger partial charge in [-0.1, -0.05) is 43.3 Å². The van der Waals surface area contributed by atoms with Crippen molar-refractivity contribution in [1.29, 1.82) is 0 Å². The number of carbonyl (C=O) groups excluding carboxylic acids is 2. The van der Waals surface area contributed by atoms with Crippen LogP contribution in [0.1, 0.15) is 37.8 Å². The molecule has 0 aliphatic carbocycles. The maximum absolute atomic E-state index is 13.1. The number of fused-ring (bicyclic) bond motifs is 1. The van der Waals surface area contributed by atoms with Gasteiger partial charge >= 0.3 is 11.6 Å². The van der Waals surface area contributed by atoms with E-state index < -0.39 is 5.63 Å². The molecule has 6 heteroatoms. The number of likely N-dealkylation sites (tertiary alicyclic amines) is 1. The minimum Gasteiger partial charge on any atom is -0.466 e. The van der Waals surface area contributed by atoms with Crippen molar-refractivity contribution in [2.75, 3.05) is 19.7 Å². The van der Waals surface area contributed by atoms with E-state index in [1.807, 2.05) is 56.3 Å². The van der Waals surface area contributed by atoms with Crippen LogP contribution in [0.15, 0.2) is 57.7 Å². The van der Waals surface area contributed by atoms with Crippen molar-refractivity contribution in [3.63, 3.8) is 0 Å². The van der Waals surface area contributed by atoms with Gasteiger partial charge in [0.2, 0.25) is 5.91 Å². The number of piperidine rings is 1. The Kier molecular flexibility index (Phi) is 7.15. The van der Waals surface area contributed by atoms with E-state index in [1.54, 1.807) is 11.8 Å². The third-order valence-electron chi connectivity index (χ3n) is 6.56. The summed E-state index contributed by atoms with van der Waals surface area (Å²) in [6, 6.07) is 15.3. The number of hydrogen-bond acceptors (Lipinski definition) is 5. The predicted molar refractivity (Wildman–Crippen MR) is 131 cm³/mol. The molecule has 0 spiro atoms. The number of hydrogen-bond donors (Lipinski definition) is 0. The van der Waals surface area contributed by atoms with E-state index in [2.05, 4.69) is 0 Å². The molecule has 1 fully saturated rings. The maximum Gasteiger partial charge on any atom is 0.336 e. The van der Waals surface area contributed by atoms with Gasteiger partial charge in [-0.3, -0.25) is 9.59 Å². The SMILES string of the molecule is CCOC(=O)[C@H]1CCCN(C(=O)C(C)Cc2ccc3c(-c4ccccc4C)cc(=O)oc3c2)C1. The van der Waals surface area contributed by atoms with Crippen molar-refractivity contribution in [3.8, 4) is 11.1 Å². The van der Waals surface area contributed by atoms with Crippen molar-refractivity contribution in [1.82, 2.24) is 4.90 Å². The lowest BCUT2D eigenvalue weighted by Crippen LogP contribution is -2.45. The van der Waals surface area contributed by atoms with Crippen molar-refractivity contribution >= 4 is 22.8 Å². The molecule has 1 aliphatic heterocycles. The Morgan fingerprint density at radius 1 is 1.15 bits per heavy atom. The summed E-state index contributed by atoms with van der Waals surface area (Å²) in [5.74, 6) is -0.699. The average Bonchev–Trinajstić information content (AvgIpc) is 2.83. The Morgan fingerprint density at radius 2 is 1.94 bits per heavy atom. The Hall–Kier alpha value is -3.41. The van der Waals surface area contributed by atoms with Crippen LogP contribution in [0.5, 0.6) is 0 Å². The minimum atomic E-state index is -0.398. The number of benzene rings is 2. The molecule has 0 N–H and O–H groups in total. The van der Waals surface area contributed by atoms with Crippen LogP contribution in [0.25, 0.3) is 22.1 Å². The first-order valence-corrected chi connectivity index (χ1v) is 12.0. The van der Waals surface area contributed by atoms with Crippen molar-refractivity contribution in [2.24, 2.45) is 11.8 Å². The lowest BCUT2D eigenvalue weighted by atomic mass is 9.93. The average molecular weight is 462 g/mol. The summed E-state index contributed by atoms with van der Waals surface area (Å²) in [7, 11) is 0. The van der Waals surface area contributed by atoms with Gasteiger partial charge in [-0.25, -0.2) is 4.79 Å². The lowest BCUT2D eigenvalue weighted by molar-refractivity contribution is -0.151. The maximum atomic E-state index is 13.1. The number of rotatable bonds is 6. The highest BCUT2D eigenvalue weighted by molar-refractivity contribution is 5.94. The quantitative estimate of drug-likeness (QED) is 0.391. The molecule has 2 atom stereocenters. The number of esters is 1. The molecule has 1 saturated heterocycles. The van der Waals surface area contributed by atoms with E-state index in [4.69, 9.17) is 9.15 Å². The third kappa shape index (κ3) is 5.06. The minimum absolute atomic E-state index is 0.0317. The van der Waals surface area contributed by atoms with Crippen molar-refractivity contribution in [3.05, 3.63) is 70.1 Å². The Morgan fingerprint density at radius 3 is 2.71 bits per heavy atom. The van der Waals surface area contributed by atoms with Gasteiger partial charge in [0.05, 0.1) is 12.5 Å². The Bertz CT molecular complexity index is 1260. The van der Waals surface area contributed by atoms with Crippen LogP contribution in [0.2, 0.25) is 0 Å². The fourth-order valence-electron chi connectivity index (χ4n) is 4.81. The monoisotopic (exact) mass is 461 g/mol. The summed E-state index contributed by atoms with van der Waals surface area (Å²) in [6.45, 7) is 7.13. The second-order valence-corrected chi connectivity index (χ2v) is 9.11. The van der Waals surface area contributed by atoms with E-state index in [-0.39, 0.29) is 23.7 Å². The molecule has 178 valence electrons. The molecule has 6 nitrogen and oxygen atoms in total. The third-order valence-corrected chi connectivity index (χ3v) is 6.56. The van der Waals surface area contributed by atoms with Crippen LogP contribution in [0, 0.1) is 18.8 Å². The first-order valence-electron chi connectivity index (χ1n) is 12.0. The van der Waals surface area contributed by atoms with Gasteiger partial charge in [0, 0.05) is 36.0 Å². The summed E-state index contributed by atoms with van der Waals surface area (Å²) < 4.78 is 10.7. The molecule has 0 saturated carbocycles. The topological polar surface area (TPSA) is 76.8 Å². The number of amides is 1. The highest BCUT2D eigenvalue weighted by atomic mass is 16.5. The molecule has 0 bridgehead atoms. The van der Waals surface area contributed by atoms with E-state index in [0.29, 0.717) is 31.7 Å². The molecule has 2 heterocycles. The van der Waals surface area contributed by atoms with Crippen LogP contribution >= 0.6 is 0 Å². The summed E-state index contributed by atoms with van der Waals surface area (Å²) in [5.41, 5.74) is 3.97. The van der Waals surface area contributed by atoms with Gasteiger partial charge in [-0.05, 0) is 55.9 Å². The van der Waals surface area contributed by atoms with Crippen LogP contribution < -0.4 is 5.63 Å². The molecule has 2 aromatic carbocycles. The highest BCUT2D eigenvalue weighted by Crippen LogP contribution is 2.30. The normalized spacial score (nSPS) is 16.9. The summed E-state index contributed by atoms with van der Waals surface area (Å²) >= 11 is 0. The van der Waals surface area contributed by atoms with Gasteiger partial charge < -0.3 is 14.1 Å². The Balaban J connectivity index is 1.53. The number of nitrogens with zero attached hydrogens (tertiary/aromatic N) is 1. The summed E-state index contributed by atoms with van der Waals surface area (Å²) in [4.78, 5) is 39.3. The lowest BCUT2D eigenvalue weighted by Gasteiger charge is -2.33. The zero-order chi connectivity index (χ0) is 24.2. The summed E-state index contributed by atoms with van der Waals surface area (Å²) in [5, 5.41) is 0.866. The van der Waals surface area contributed by atoms with E-state index in [9.17, 15) is 14.4 Å². The molecule has 4 rings (SSSR count). The molecule has 34 heavy (non-hydrogen) atoms. The number of aryl methyl sites for hydroxylation is 1. The van der Waals surface area contributed by atoms with Crippen molar-refractivity contribution in [2.45, 2.75) is 40.0 Å². The first kappa shape index (κ1) is 23.7. The second-order valence-electron chi connectivity index (χ2n) is 9.11. The van der Waals surface area contributed by atoms with Gasteiger partial charge in [0.15, 0.2) is 0 Å². The van der Waals surface area contributed by atoms with Crippen LogP contribution in [-0.2, 0) is 20.7 Å². The van der Waals surface area contributed by atoms with E-state index >= 15 is 0 Å². The van der Waals surface area contributed by atoms with Crippen molar-refractivity contribution < 1.29 is 18.7 Å². The standard InChI is InChI=1S/C28H31NO5/c1-4-33-28(32)21-9-7-13-29(17-21)27(31)19(3)14-20-11-12-23-24(16-26(30)34-25(23)15-20)22-10-6-5-8-18(22)2/h5-6,8,10-12,15-16,19,21H,4,7,9,13-14,17H2,1-3H3/t19?,21-/m0/s1. The number of carbonyl (C=O) groups is 2. The smallest absolute Gasteiger partial charge is 0.336 e. The zero-order valence-corrected chi connectivity index (χ0v) is 20.0. The molecular weight excluding hydrogens is 430 g/mol. The molecule has 1 amide bonds. The predicted octanol–water partition coefficient (Wildman–Crippen LogP) is 4.75. The molecule has 1 unspecified atom stereocenters. The molecule has 1 aliphatic rings. The van der Waals surface area contributed by atoms with Gasteiger partial charge in [0.25, 0.3) is 0 Å². The largest absolute Gasteiger partial charge is 0.466 e.